The number of nitrogens with one attached hydrogen (secondary N) is 1. The van der Waals surface area contributed by atoms with Gasteiger partial charge in [-0.25, -0.2) is 14.8 Å². The highest BCUT2D eigenvalue weighted by Gasteiger charge is 2.12. The number of hydrogen-bond acceptors (Lipinski definition) is 4. The van der Waals surface area contributed by atoms with E-state index in [0.29, 0.717) is 17.6 Å². The molecule has 100 valence electrons. The number of aromatic amines is 1. The molecule has 0 saturated carbocycles. The molecule has 20 heavy (non-hydrogen) atoms. The summed E-state index contributed by atoms with van der Waals surface area (Å²) >= 11 is 0. The number of carboxylic acids is 1. The van der Waals surface area contributed by atoms with Crippen LogP contribution in [-0.2, 0) is 12.8 Å². The van der Waals surface area contributed by atoms with E-state index in [1.165, 1.54) is 12.3 Å². The Kier molecular flexibility index (Phi) is 3.12. The molecule has 0 amide bonds. The lowest BCUT2D eigenvalue weighted by Crippen LogP contribution is -1.98. The smallest absolute Gasteiger partial charge is 0.338 e. The second kappa shape index (κ2) is 5.08. The minimum absolute atomic E-state index is 0.190. The third-order valence-electron chi connectivity index (χ3n) is 3.04. The maximum Gasteiger partial charge on any atom is 0.338 e. The van der Waals surface area contributed by atoms with E-state index in [1.54, 1.807) is 6.20 Å². The highest BCUT2D eigenvalue weighted by Crippen LogP contribution is 2.15. The van der Waals surface area contributed by atoms with Crippen molar-refractivity contribution in [3.8, 4) is 0 Å². The zero-order valence-electron chi connectivity index (χ0n) is 10.6. The standard InChI is InChI=1S/C14H12N4O2/c19-14(20)10-5-7-16-13-12(10)17-11(18-13)4-3-9-2-1-6-15-8-9/h1-2,5-8H,3-4H2,(H,19,20)(H,16,17,18). The van der Waals surface area contributed by atoms with E-state index < -0.39 is 5.97 Å². The highest BCUT2D eigenvalue weighted by atomic mass is 16.4. The fourth-order valence-corrected chi connectivity index (χ4v) is 2.06. The molecule has 0 atom stereocenters. The SMILES string of the molecule is O=C(O)c1ccnc2nc(CCc3cccnc3)[nH]c12. The monoisotopic (exact) mass is 268 g/mol. The van der Waals surface area contributed by atoms with Crippen LogP contribution < -0.4 is 0 Å². The van der Waals surface area contributed by atoms with Gasteiger partial charge in [0.2, 0.25) is 0 Å². The van der Waals surface area contributed by atoms with Gasteiger partial charge in [-0.1, -0.05) is 6.07 Å². The molecule has 3 aromatic rings. The first-order chi connectivity index (χ1) is 9.74. The van der Waals surface area contributed by atoms with Crippen molar-refractivity contribution in [1.29, 1.82) is 0 Å². The number of carboxylic acid groups (broad SMARTS) is 1. The van der Waals surface area contributed by atoms with Crippen LogP contribution in [0.2, 0.25) is 0 Å². The molecule has 0 radical (unpaired) electrons. The first-order valence-electron chi connectivity index (χ1n) is 6.20. The molecule has 3 aromatic heterocycles. The van der Waals surface area contributed by atoms with Crippen molar-refractivity contribution in [2.45, 2.75) is 12.8 Å². The molecule has 0 aliphatic carbocycles. The molecule has 6 nitrogen and oxygen atoms in total. The predicted molar refractivity (Wildman–Crippen MR) is 72.5 cm³/mol. The fraction of sp³-hybridized carbons (Fsp3) is 0.143. The van der Waals surface area contributed by atoms with Gasteiger partial charge in [0.05, 0.1) is 11.1 Å². The van der Waals surface area contributed by atoms with Gasteiger partial charge in [0.15, 0.2) is 5.65 Å². The largest absolute Gasteiger partial charge is 0.478 e. The van der Waals surface area contributed by atoms with Crippen molar-refractivity contribution >= 4 is 17.1 Å². The second-order valence-electron chi connectivity index (χ2n) is 4.41. The van der Waals surface area contributed by atoms with Crippen molar-refractivity contribution in [3.63, 3.8) is 0 Å². The molecule has 0 aromatic carbocycles. The molecule has 2 N–H and O–H groups in total. The van der Waals surface area contributed by atoms with Crippen LogP contribution in [0.3, 0.4) is 0 Å². The van der Waals surface area contributed by atoms with Crippen molar-refractivity contribution in [2.24, 2.45) is 0 Å². The van der Waals surface area contributed by atoms with Crippen LogP contribution in [0.1, 0.15) is 21.7 Å². The number of imidazole rings is 1. The molecule has 0 bridgehead atoms. The van der Waals surface area contributed by atoms with Crippen LogP contribution in [0, 0.1) is 0 Å². The lowest BCUT2D eigenvalue weighted by molar-refractivity contribution is 0.0698. The van der Waals surface area contributed by atoms with Gasteiger partial charge in [0.1, 0.15) is 5.82 Å². The normalized spacial score (nSPS) is 10.8. The van der Waals surface area contributed by atoms with Gasteiger partial charge < -0.3 is 10.1 Å². The van der Waals surface area contributed by atoms with E-state index in [0.717, 1.165) is 17.8 Å². The summed E-state index contributed by atoms with van der Waals surface area (Å²) in [7, 11) is 0. The maximum atomic E-state index is 11.1. The fourth-order valence-electron chi connectivity index (χ4n) is 2.06. The third kappa shape index (κ3) is 2.35. The van der Waals surface area contributed by atoms with Crippen molar-refractivity contribution in [3.05, 3.63) is 53.7 Å². The topological polar surface area (TPSA) is 91.8 Å². The van der Waals surface area contributed by atoms with Crippen LogP contribution in [0.15, 0.2) is 36.8 Å². The predicted octanol–water partition coefficient (Wildman–Crippen LogP) is 1.84. The Balaban J connectivity index is 1.86. The number of aromatic carboxylic acids is 1. The van der Waals surface area contributed by atoms with Crippen LogP contribution in [0.25, 0.3) is 11.2 Å². The highest BCUT2D eigenvalue weighted by molar-refractivity contribution is 5.99. The van der Waals surface area contributed by atoms with Crippen molar-refractivity contribution in [2.75, 3.05) is 0 Å². The Morgan fingerprint density at radius 2 is 2.15 bits per heavy atom. The summed E-state index contributed by atoms with van der Waals surface area (Å²) in [6, 6.07) is 5.35. The molecule has 0 aliphatic rings. The molecule has 0 aliphatic heterocycles. The van der Waals surface area contributed by atoms with Gasteiger partial charge >= 0.3 is 5.97 Å². The zero-order valence-corrected chi connectivity index (χ0v) is 10.6. The molecule has 0 fully saturated rings. The van der Waals surface area contributed by atoms with Gasteiger partial charge in [-0.05, 0) is 24.1 Å². The molecule has 3 heterocycles. The van der Waals surface area contributed by atoms with Crippen LogP contribution in [0.5, 0.6) is 0 Å². The summed E-state index contributed by atoms with van der Waals surface area (Å²) in [6.07, 6.45) is 6.46. The van der Waals surface area contributed by atoms with Crippen molar-refractivity contribution < 1.29 is 9.90 Å². The first kappa shape index (κ1) is 12.3. The molecule has 6 heteroatoms. The average Bonchev–Trinajstić information content (AvgIpc) is 2.88. The lowest BCUT2D eigenvalue weighted by Gasteiger charge is -1.97. The number of hydrogen-bond donors (Lipinski definition) is 2. The first-order valence-corrected chi connectivity index (χ1v) is 6.20. The number of pyridine rings is 2. The molecule has 0 unspecified atom stereocenters. The number of carbonyl (C=O) groups is 1. The molecular formula is C14H12N4O2. The van der Waals surface area contributed by atoms with E-state index >= 15 is 0 Å². The van der Waals surface area contributed by atoms with Gasteiger partial charge in [-0.15, -0.1) is 0 Å². The minimum Gasteiger partial charge on any atom is -0.478 e. The van der Waals surface area contributed by atoms with Crippen LogP contribution >= 0.6 is 0 Å². The lowest BCUT2D eigenvalue weighted by atomic mass is 10.1. The molecule has 0 spiro atoms. The Morgan fingerprint density at radius 1 is 1.25 bits per heavy atom. The van der Waals surface area contributed by atoms with E-state index in [9.17, 15) is 4.79 Å². The second-order valence-corrected chi connectivity index (χ2v) is 4.41. The third-order valence-corrected chi connectivity index (χ3v) is 3.04. The summed E-state index contributed by atoms with van der Waals surface area (Å²) < 4.78 is 0. The average molecular weight is 268 g/mol. The Bertz CT molecular complexity index is 752. The summed E-state index contributed by atoms with van der Waals surface area (Å²) in [5.41, 5.74) is 2.21. The van der Waals surface area contributed by atoms with Gasteiger partial charge in [-0.3, -0.25) is 4.98 Å². The van der Waals surface area contributed by atoms with E-state index in [-0.39, 0.29) is 5.56 Å². The number of fused-ring (bicyclic) bond motifs is 1. The molecular weight excluding hydrogens is 256 g/mol. The summed E-state index contributed by atoms with van der Waals surface area (Å²) in [6.45, 7) is 0. The zero-order chi connectivity index (χ0) is 13.9. The van der Waals surface area contributed by atoms with Crippen molar-refractivity contribution in [1.82, 2.24) is 19.9 Å². The minimum atomic E-state index is -0.986. The molecule has 3 rings (SSSR count). The van der Waals surface area contributed by atoms with E-state index in [1.807, 2.05) is 18.3 Å². The Hall–Kier alpha value is -2.76. The van der Waals surface area contributed by atoms with E-state index in [2.05, 4.69) is 19.9 Å². The maximum absolute atomic E-state index is 11.1. The van der Waals surface area contributed by atoms with Gasteiger partial charge in [-0.2, -0.15) is 0 Å². The number of rotatable bonds is 4. The van der Waals surface area contributed by atoms with E-state index in [4.69, 9.17) is 5.11 Å². The number of aromatic nitrogens is 4. The van der Waals surface area contributed by atoms with Gasteiger partial charge in [0, 0.05) is 25.0 Å². The Labute approximate surface area is 114 Å². The number of aryl methyl sites for hydroxylation is 2. The summed E-state index contributed by atoms with van der Waals surface area (Å²) in [5, 5.41) is 9.12. The number of nitrogens with zero attached hydrogens (tertiary/aromatic N) is 3. The number of H-pyrrole nitrogens is 1. The Morgan fingerprint density at radius 3 is 2.90 bits per heavy atom. The van der Waals surface area contributed by atoms with Crippen LogP contribution in [-0.4, -0.2) is 31.0 Å². The van der Waals surface area contributed by atoms with Crippen LogP contribution in [0.4, 0.5) is 0 Å². The quantitative estimate of drug-likeness (QED) is 0.753. The summed E-state index contributed by atoms with van der Waals surface area (Å²) in [5.74, 6) is -0.259. The molecule has 0 saturated heterocycles. The van der Waals surface area contributed by atoms with Gasteiger partial charge in [0.25, 0.3) is 0 Å². The summed E-state index contributed by atoms with van der Waals surface area (Å²) in [4.78, 5) is 26.6.